The molecule has 0 aliphatic carbocycles. The van der Waals surface area contributed by atoms with Gasteiger partial charge < -0.3 is 4.74 Å². The maximum atomic E-state index is 6.37. The van der Waals surface area contributed by atoms with Crippen LogP contribution in [0.2, 0.25) is 0 Å². The Morgan fingerprint density at radius 1 is 1.50 bits per heavy atom. The van der Waals surface area contributed by atoms with E-state index in [-0.39, 0.29) is 5.38 Å². The molecule has 2 heterocycles. The highest BCUT2D eigenvalue weighted by atomic mass is 79.9. The van der Waals surface area contributed by atoms with Gasteiger partial charge in [-0.05, 0) is 60.2 Å². The number of ether oxygens (including phenoxy) is 1. The molecule has 1 aliphatic heterocycles. The molecule has 0 N–H and O–H groups in total. The van der Waals surface area contributed by atoms with E-state index in [1.807, 2.05) is 0 Å². The summed E-state index contributed by atoms with van der Waals surface area (Å²) in [6.45, 7) is 0.933. The summed E-state index contributed by atoms with van der Waals surface area (Å²) in [5.41, 5.74) is 0. The molecule has 4 heteroatoms. The zero-order chi connectivity index (χ0) is 11.4. The fourth-order valence-electron chi connectivity index (χ4n) is 2.01. The fourth-order valence-corrected chi connectivity index (χ4v) is 3.77. The van der Waals surface area contributed by atoms with Crippen LogP contribution in [0.3, 0.4) is 0 Å². The molecule has 16 heavy (non-hydrogen) atoms. The predicted octanol–water partition coefficient (Wildman–Crippen LogP) is 5.14. The summed E-state index contributed by atoms with van der Waals surface area (Å²) in [6.07, 6.45) is 6.28. The smallest absolute Gasteiger partial charge is 0.0701 e. The second-order valence-electron chi connectivity index (χ2n) is 4.18. The highest BCUT2D eigenvalue weighted by Crippen LogP contribution is 2.34. The molecule has 0 radical (unpaired) electrons. The van der Waals surface area contributed by atoms with Crippen molar-refractivity contribution in [1.29, 1.82) is 0 Å². The van der Waals surface area contributed by atoms with Crippen LogP contribution in [0.4, 0.5) is 0 Å². The number of hydrogen-bond acceptors (Lipinski definition) is 2. The summed E-state index contributed by atoms with van der Waals surface area (Å²) < 4.78 is 6.86. The van der Waals surface area contributed by atoms with Crippen molar-refractivity contribution < 1.29 is 4.74 Å². The Morgan fingerprint density at radius 3 is 3.00 bits per heavy atom. The summed E-state index contributed by atoms with van der Waals surface area (Å²) in [6, 6.07) is 4.17. The molecular weight excluding hydrogens is 308 g/mol. The van der Waals surface area contributed by atoms with Gasteiger partial charge in [0.05, 0.1) is 15.3 Å². The average Bonchev–Trinajstić information content (AvgIpc) is 2.74. The van der Waals surface area contributed by atoms with Crippen LogP contribution in [0, 0.1) is 0 Å². The Kier molecular flexibility index (Phi) is 5.14. The molecule has 2 rings (SSSR count). The van der Waals surface area contributed by atoms with E-state index in [9.17, 15) is 0 Å². The molecule has 1 nitrogen and oxygen atoms in total. The third kappa shape index (κ3) is 3.73. The van der Waals surface area contributed by atoms with Crippen molar-refractivity contribution in [2.24, 2.45) is 0 Å². The second kappa shape index (κ2) is 6.39. The zero-order valence-corrected chi connectivity index (χ0v) is 12.3. The standard InChI is InChI=1S/C12H16BrClOS/c13-12-7-6-11(16-12)10(14)5-4-9-3-1-2-8-15-9/h6-7,9-10H,1-5,8H2. The van der Waals surface area contributed by atoms with E-state index in [1.165, 1.54) is 24.1 Å². The van der Waals surface area contributed by atoms with Gasteiger partial charge in [-0.15, -0.1) is 22.9 Å². The van der Waals surface area contributed by atoms with Crippen molar-refractivity contribution in [3.8, 4) is 0 Å². The zero-order valence-electron chi connectivity index (χ0n) is 9.12. The maximum absolute atomic E-state index is 6.37. The lowest BCUT2D eigenvalue weighted by molar-refractivity contribution is 0.0100. The topological polar surface area (TPSA) is 9.23 Å². The molecule has 1 aliphatic rings. The molecule has 2 atom stereocenters. The third-order valence-corrected chi connectivity index (χ3v) is 5.24. The molecule has 1 aromatic rings. The normalized spacial score (nSPS) is 23.2. The first-order chi connectivity index (χ1) is 7.75. The molecule has 0 spiro atoms. The van der Waals surface area contributed by atoms with Crippen molar-refractivity contribution >= 4 is 38.9 Å². The fraction of sp³-hybridized carbons (Fsp3) is 0.667. The molecule has 90 valence electrons. The molecular formula is C12H16BrClOS. The maximum Gasteiger partial charge on any atom is 0.0701 e. The van der Waals surface area contributed by atoms with Crippen LogP contribution in [0.5, 0.6) is 0 Å². The monoisotopic (exact) mass is 322 g/mol. The average molecular weight is 324 g/mol. The van der Waals surface area contributed by atoms with Crippen LogP contribution in [0.1, 0.15) is 42.4 Å². The molecule has 0 bridgehead atoms. The Morgan fingerprint density at radius 2 is 2.38 bits per heavy atom. The van der Waals surface area contributed by atoms with E-state index in [0.717, 1.165) is 23.2 Å². The van der Waals surface area contributed by atoms with E-state index in [4.69, 9.17) is 16.3 Å². The van der Waals surface area contributed by atoms with E-state index < -0.39 is 0 Å². The second-order valence-corrected chi connectivity index (χ2v) is 7.20. The molecule has 1 fully saturated rings. The molecule has 1 aromatic heterocycles. The van der Waals surface area contributed by atoms with Gasteiger partial charge in [-0.25, -0.2) is 0 Å². The van der Waals surface area contributed by atoms with Crippen molar-refractivity contribution in [1.82, 2.24) is 0 Å². The Bertz CT molecular complexity index is 323. The number of thiophene rings is 1. The van der Waals surface area contributed by atoms with Crippen molar-refractivity contribution in [3.05, 3.63) is 20.8 Å². The highest BCUT2D eigenvalue weighted by Gasteiger charge is 2.17. The summed E-state index contributed by atoms with van der Waals surface area (Å²) >= 11 is 11.6. The van der Waals surface area contributed by atoms with Gasteiger partial charge in [-0.2, -0.15) is 0 Å². The minimum Gasteiger partial charge on any atom is -0.378 e. The summed E-state index contributed by atoms with van der Waals surface area (Å²) in [5, 5.41) is 0.141. The predicted molar refractivity (Wildman–Crippen MR) is 73.4 cm³/mol. The van der Waals surface area contributed by atoms with Gasteiger partial charge in [-0.1, -0.05) is 0 Å². The van der Waals surface area contributed by atoms with E-state index in [1.54, 1.807) is 11.3 Å². The first-order valence-corrected chi connectivity index (χ1v) is 7.81. The molecule has 1 saturated heterocycles. The van der Waals surface area contributed by atoms with E-state index in [0.29, 0.717) is 6.10 Å². The van der Waals surface area contributed by atoms with Crippen LogP contribution in [0.25, 0.3) is 0 Å². The number of hydrogen-bond donors (Lipinski definition) is 0. The number of rotatable bonds is 4. The summed E-state index contributed by atoms with van der Waals surface area (Å²) in [4.78, 5) is 1.25. The largest absolute Gasteiger partial charge is 0.378 e. The lowest BCUT2D eigenvalue weighted by Gasteiger charge is -2.23. The van der Waals surface area contributed by atoms with E-state index in [2.05, 4.69) is 28.1 Å². The number of alkyl halides is 1. The van der Waals surface area contributed by atoms with Gasteiger partial charge in [0.2, 0.25) is 0 Å². The molecule has 2 unspecified atom stereocenters. The SMILES string of the molecule is ClC(CCC1CCCCO1)c1ccc(Br)s1. The van der Waals surface area contributed by atoms with Gasteiger partial charge >= 0.3 is 0 Å². The molecule has 0 saturated carbocycles. The van der Waals surface area contributed by atoms with Crippen LogP contribution in [-0.4, -0.2) is 12.7 Å². The lowest BCUT2D eigenvalue weighted by Crippen LogP contribution is -2.19. The first-order valence-electron chi connectivity index (χ1n) is 5.76. The Balaban J connectivity index is 1.76. The molecule has 0 aromatic carbocycles. The van der Waals surface area contributed by atoms with Gasteiger partial charge in [0.25, 0.3) is 0 Å². The van der Waals surface area contributed by atoms with Crippen LogP contribution < -0.4 is 0 Å². The molecule has 0 amide bonds. The van der Waals surface area contributed by atoms with Crippen molar-refractivity contribution in [2.75, 3.05) is 6.61 Å². The lowest BCUT2D eigenvalue weighted by atomic mass is 10.0. The van der Waals surface area contributed by atoms with Gasteiger partial charge in [0.15, 0.2) is 0 Å². The Hall–Kier alpha value is 0.430. The Labute approximate surface area is 114 Å². The van der Waals surface area contributed by atoms with Crippen molar-refractivity contribution in [3.63, 3.8) is 0 Å². The minimum absolute atomic E-state index is 0.141. The third-order valence-electron chi connectivity index (χ3n) is 2.92. The quantitative estimate of drug-likeness (QED) is 0.697. The van der Waals surface area contributed by atoms with Crippen LogP contribution in [0.15, 0.2) is 15.9 Å². The summed E-state index contributed by atoms with van der Waals surface area (Å²) in [7, 11) is 0. The highest BCUT2D eigenvalue weighted by molar-refractivity contribution is 9.11. The van der Waals surface area contributed by atoms with Gasteiger partial charge in [-0.3, -0.25) is 0 Å². The van der Waals surface area contributed by atoms with Crippen molar-refractivity contribution in [2.45, 2.75) is 43.6 Å². The summed E-state index contributed by atoms with van der Waals surface area (Å²) in [5.74, 6) is 0. The van der Waals surface area contributed by atoms with Crippen LogP contribution >= 0.6 is 38.9 Å². The number of halogens is 2. The van der Waals surface area contributed by atoms with Gasteiger partial charge in [0, 0.05) is 11.5 Å². The van der Waals surface area contributed by atoms with Crippen LogP contribution in [-0.2, 0) is 4.74 Å². The van der Waals surface area contributed by atoms with Gasteiger partial charge in [0.1, 0.15) is 0 Å². The minimum atomic E-state index is 0.141. The van der Waals surface area contributed by atoms with E-state index >= 15 is 0 Å². The first kappa shape index (κ1) is 12.9.